The molecule has 1 saturated heterocycles. The molecule has 0 radical (unpaired) electrons. The van der Waals surface area contributed by atoms with Gasteiger partial charge in [-0.1, -0.05) is 12.2 Å². The monoisotopic (exact) mass is 150 g/mol. The summed E-state index contributed by atoms with van der Waals surface area (Å²) in [4.78, 5) is 10.9. The van der Waals surface area contributed by atoms with Gasteiger partial charge < -0.3 is 4.74 Å². The van der Waals surface area contributed by atoms with E-state index < -0.39 is 0 Å². The Morgan fingerprint density at radius 2 is 2.45 bits per heavy atom. The molecule has 2 aliphatic rings. The Morgan fingerprint density at radius 1 is 1.55 bits per heavy atom. The van der Waals surface area contributed by atoms with E-state index in [-0.39, 0.29) is 12.4 Å². The Bertz CT molecular complexity index is 238. The largest absolute Gasteiger partial charge is 0.490 e. The minimum atomic E-state index is 0.224. The summed E-state index contributed by atoms with van der Waals surface area (Å²) in [5.41, 5.74) is 0. The van der Waals surface area contributed by atoms with E-state index in [0.29, 0.717) is 12.3 Å². The maximum Gasteiger partial charge on any atom is 0.170 e. The van der Waals surface area contributed by atoms with E-state index in [2.05, 4.69) is 6.08 Å². The van der Waals surface area contributed by atoms with Crippen LogP contribution in [0.15, 0.2) is 24.0 Å². The third-order valence-electron chi connectivity index (χ3n) is 2.09. The van der Waals surface area contributed by atoms with E-state index in [9.17, 15) is 4.79 Å². The molecule has 1 heterocycles. The number of ether oxygens (including phenoxy) is 1. The number of carbonyl (C=O) groups excluding carboxylic acids is 1. The highest BCUT2D eigenvalue weighted by Gasteiger charge is 2.25. The van der Waals surface area contributed by atoms with Gasteiger partial charge in [0.15, 0.2) is 5.78 Å². The van der Waals surface area contributed by atoms with Gasteiger partial charge in [0.2, 0.25) is 0 Å². The Hall–Kier alpha value is -1.05. The average molecular weight is 150 g/mol. The average Bonchev–Trinajstić information content (AvgIpc) is 2.04. The predicted molar refractivity (Wildman–Crippen MR) is 40.9 cm³/mol. The molecule has 0 aromatic carbocycles. The van der Waals surface area contributed by atoms with E-state index in [1.807, 2.05) is 12.2 Å². The van der Waals surface area contributed by atoms with Crippen LogP contribution in [0.4, 0.5) is 0 Å². The Balaban J connectivity index is 2.16. The van der Waals surface area contributed by atoms with Crippen molar-refractivity contribution in [3.63, 3.8) is 0 Å². The van der Waals surface area contributed by atoms with Crippen LogP contribution in [0.25, 0.3) is 0 Å². The van der Waals surface area contributed by atoms with Crippen LogP contribution in [0.5, 0.6) is 0 Å². The first kappa shape index (κ1) is 6.65. The van der Waals surface area contributed by atoms with Crippen molar-refractivity contribution in [2.75, 3.05) is 6.61 Å². The van der Waals surface area contributed by atoms with Crippen LogP contribution in [0.3, 0.4) is 0 Å². The normalized spacial score (nSPS) is 28.9. The van der Waals surface area contributed by atoms with Gasteiger partial charge in [0.05, 0.1) is 0 Å². The number of allylic oxidation sites excluding steroid dienone is 4. The smallest absolute Gasteiger partial charge is 0.170 e. The van der Waals surface area contributed by atoms with Crippen molar-refractivity contribution < 1.29 is 9.53 Å². The minimum absolute atomic E-state index is 0.224. The number of rotatable bonds is 0. The first-order chi connectivity index (χ1) is 5.36. The first-order valence-corrected chi connectivity index (χ1v) is 3.87. The molecule has 0 saturated carbocycles. The van der Waals surface area contributed by atoms with Crippen LogP contribution in [0, 0.1) is 5.92 Å². The van der Waals surface area contributed by atoms with E-state index in [1.54, 1.807) is 0 Å². The minimum Gasteiger partial charge on any atom is -0.490 e. The summed E-state index contributed by atoms with van der Waals surface area (Å²) in [6, 6.07) is 0. The van der Waals surface area contributed by atoms with E-state index >= 15 is 0 Å². The molecular formula is C9H10O2. The van der Waals surface area contributed by atoms with E-state index in [1.165, 1.54) is 0 Å². The summed E-state index contributed by atoms with van der Waals surface area (Å²) in [6.07, 6.45) is 7.64. The van der Waals surface area contributed by atoms with Crippen LogP contribution >= 0.6 is 0 Å². The Kier molecular flexibility index (Phi) is 1.53. The second-order valence-corrected chi connectivity index (χ2v) is 2.96. The molecule has 1 fully saturated rings. The molecule has 1 atom stereocenters. The number of hydrogen-bond acceptors (Lipinski definition) is 2. The zero-order valence-electron chi connectivity index (χ0n) is 6.25. The van der Waals surface area contributed by atoms with Gasteiger partial charge in [-0.25, -0.2) is 0 Å². The molecule has 0 bridgehead atoms. The third-order valence-corrected chi connectivity index (χ3v) is 2.09. The van der Waals surface area contributed by atoms with Crippen molar-refractivity contribution in [3.8, 4) is 0 Å². The Labute approximate surface area is 65.5 Å². The summed E-state index contributed by atoms with van der Waals surface area (Å²) in [5, 5.41) is 0. The quantitative estimate of drug-likeness (QED) is 0.522. The van der Waals surface area contributed by atoms with E-state index in [4.69, 9.17) is 4.74 Å². The number of carbonyl (C=O) groups is 1. The van der Waals surface area contributed by atoms with Gasteiger partial charge >= 0.3 is 0 Å². The maximum atomic E-state index is 10.9. The standard InChI is InChI=1S/C9H10O2/c10-8-5-7-3-1-2-4-9(7)11-6-8/h1-2,4,7H,3,5-6H2. The van der Waals surface area contributed by atoms with Gasteiger partial charge in [-0.05, 0) is 12.5 Å². The van der Waals surface area contributed by atoms with Crippen molar-refractivity contribution in [2.24, 2.45) is 5.92 Å². The first-order valence-electron chi connectivity index (χ1n) is 3.87. The van der Waals surface area contributed by atoms with Crippen molar-refractivity contribution in [2.45, 2.75) is 12.8 Å². The van der Waals surface area contributed by atoms with Crippen LogP contribution in [-0.4, -0.2) is 12.4 Å². The Morgan fingerprint density at radius 3 is 3.36 bits per heavy atom. The molecule has 2 rings (SSSR count). The second-order valence-electron chi connectivity index (χ2n) is 2.96. The SMILES string of the molecule is O=C1COC2=CC=CCC2C1. The number of hydrogen-bond donors (Lipinski definition) is 0. The van der Waals surface area contributed by atoms with Crippen LogP contribution in [0.2, 0.25) is 0 Å². The van der Waals surface area contributed by atoms with Gasteiger partial charge in [-0.3, -0.25) is 4.79 Å². The lowest BCUT2D eigenvalue weighted by molar-refractivity contribution is -0.126. The lowest BCUT2D eigenvalue weighted by Crippen LogP contribution is -2.24. The second kappa shape index (κ2) is 2.53. The highest BCUT2D eigenvalue weighted by atomic mass is 16.5. The lowest BCUT2D eigenvalue weighted by atomic mass is 9.91. The van der Waals surface area contributed by atoms with Crippen molar-refractivity contribution in [3.05, 3.63) is 24.0 Å². The highest BCUT2D eigenvalue weighted by molar-refractivity contribution is 5.81. The maximum absolute atomic E-state index is 10.9. The molecule has 11 heavy (non-hydrogen) atoms. The van der Waals surface area contributed by atoms with Crippen molar-refractivity contribution in [1.29, 1.82) is 0 Å². The molecule has 0 aromatic rings. The molecule has 1 aliphatic heterocycles. The fourth-order valence-corrected chi connectivity index (χ4v) is 1.51. The van der Waals surface area contributed by atoms with Gasteiger partial charge in [0.25, 0.3) is 0 Å². The van der Waals surface area contributed by atoms with E-state index in [0.717, 1.165) is 12.2 Å². The zero-order chi connectivity index (χ0) is 7.68. The molecule has 0 spiro atoms. The molecule has 58 valence electrons. The highest BCUT2D eigenvalue weighted by Crippen LogP contribution is 2.28. The molecule has 0 amide bonds. The number of fused-ring (bicyclic) bond motifs is 1. The predicted octanol–water partition coefficient (Wildman–Crippen LogP) is 1.44. The summed E-state index contributed by atoms with van der Waals surface area (Å²) in [7, 11) is 0. The number of ketones is 1. The summed E-state index contributed by atoms with van der Waals surface area (Å²) < 4.78 is 5.25. The summed E-state index contributed by atoms with van der Waals surface area (Å²) >= 11 is 0. The molecule has 1 unspecified atom stereocenters. The molecule has 1 aliphatic carbocycles. The van der Waals surface area contributed by atoms with Crippen LogP contribution in [0.1, 0.15) is 12.8 Å². The van der Waals surface area contributed by atoms with Crippen molar-refractivity contribution >= 4 is 5.78 Å². The molecule has 0 aromatic heterocycles. The molecule has 0 N–H and O–H groups in total. The van der Waals surface area contributed by atoms with Gasteiger partial charge in [-0.15, -0.1) is 0 Å². The third kappa shape index (κ3) is 1.20. The molecular weight excluding hydrogens is 140 g/mol. The number of Topliss-reactive ketones (excluding diaryl/α,β-unsaturated/α-hetero) is 1. The topological polar surface area (TPSA) is 26.3 Å². The lowest BCUT2D eigenvalue weighted by Gasteiger charge is -2.25. The molecule has 2 heteroatoms. The fraction of sp³-hybridized carbons (Fsp3) is 0.444. The van der Waals surface area contributed by atoms with Gasteiger partial charge in [0.1, 0.15) is 12.4 Å². The van der Waals surface area contributed by atoms with Crippen LogP contribution < -0.4 is 0 Å². The fourth-order valence-electron chi connectivity index (χ4n) is 1.51. The van der Waals surface area contributed by atoms with Gasteiger partial charge in [0, 0.05) is 12.3 Å². The van der Waals surface area contributed by atoms with Gasteiger partial charge in [-0.2, -0.15) is 0 Å². The zero-order valence-corrected chi connectivity index (χ0v) is 6.25. The van der Waals surface area contributed by atoms with Crippen molar-refractivity contribution in [1.82, 2.24) is 0 Å². The molecule has 2 nitrogen and oxygen atoms in total. The van der Waals surface area contributed by atoms with Crippen LogP contribution in [-0.2, 0) is 9.53 Å². The summed E-state index contributed by atoms with van der Waals surface area (Å²) in [6.45, 7) is 0.274. The summed E-state index contributed by atoms with van der Waals surface area (Å²) in [5.74, 6) is 1.55.